The van der Waals surface area contributed by atoms with Crippen molar-refractivity contribution in [2.45, 2.75) is 6.54 Å². The zero-order valence-electron chi connectivity index (χ0n) is 7.97. The number of nitrogens with one attached hydrogen (secondary N) is 1. The van der Waals surface area contributed by atoms with Gasteiger partial charge in [-0.15, -0.1) is 0 Å². The van der Waals surface area contributed by atoms with Crippen molar-refractivity contribution in [3.63, 3.8) is 0 Å². The van der Waals surface area contributed by atoms with Gasteiger partial charge in [-0.25, -0.2) is 4.68 Å². The molecule has 0 saturated carbocycles. The Morgan fingerprint density at radius 3 is 2.67 bits per heavy atom. The third kappa shape index (κ3) is 1.81. The lowest BCUT2D eigenvalue weighted by Gasteiger charge is -2.00. The van der Waals surface area contributed by atoms with Gasteiger partial charge < -0.3 is 5.10 Å². The number of aromatic amines is 1. The van der Waals surface area contributed by atoms with Gasteiger partial charge >= 0.3 is 0 Å². The molecule has 1 aromatic carbocycles. The lowest BCUT2D eigenvalue weighted by molar-refractivity contribution is 0.663. The second-order valence-corrected chi connectivity index (χ2v) is 3.18. The minimum atomic E-state index is -0.277. The van der Waals surface area contributed by atoms with Crippen LogP contribution in [0.1, 0.15) is 11.1 Å². The molecule has 0 saturated heterocycles. The molecule has 0 radical (unpaired) electrons. The fraction of sp³-hybridized carbons (Fsp3) is 0.0909. The molecule has 0 fully saturated rings. The Kier molecular flexibility index (Phi) is 2.38. The van der Waals surface area contributed by atoms with E-state index in [1.165, 1.54) is 10.9 Å². The smallest absolute Gasteiger partial charge is 0.284 e. The van der Waals surface area contributed by atoms with E-state index in [1.54, 1.807) is 0 Å². The minimum Gasteiger partial charge on any atom is -0.301 e. The number of hydrogen-bond donors (Lipinski definition) is 1. The molecule has 4 heteroatoms. The van der Waals surface area contributed by atoms with Crippen LogP contribution in [0.15, 0.2) is 41.3 Å². The molecule has 1 N–H and O–H groups in total. The third-order valence-electron chi connectivity index (χ3n) is 2.14. The zero-order chi connectivity index (χ0) is 10.7. The van der Waals surface area contributed by atoms with Crippen molar-refractivity contribution >= 4 is 0 Å². The lowest BCUT2D eigenvalue weighted by Crippen LogP contribution is -2.18. The third-order valence-corrected chi connectivity index (χ3v) is 2.14. The van der Waals surface area contributed by atoms with Crippen molar-refractivity contribution in [1.82, 2.24) is 9.78 Å². The normalized spacial score (nSPS) is 9.80. The molecule has 0 atom stereocenters. The number of hydrogen-bond acceptors (Lipinski definition) is 2. The molecule has 1 heterocycles. The molecule has 0 aliphatic carbocycles. The van der Waals surface area contributed by atoms with Gasteiger partial charge in [-0.1, -0.05) is 30.3 Å². The van der Waals surface area contributed by atoms with Crippen molar-refractivity contribution < 1.29 is 0 Å². The molecular weight excluding hydrogens is 190 g/mol. The van der Waals surface area contributed by atoms with Gasteiger partial charge in [0, 0.05) is 6.20 Å². The molecule has 0 aliphatic heterocycles. The Bertz CT molecular complexity index is 545. The van der Waals surface area contributed by atoms with Gasteiger partial charge in [0.05, 0.1) is 6.54 Å². The largest absolute Gasteiger partial charge is 0.301 e. The first-order valence-electron chi connectivity index (χ1n) is 4.53. The molecule has 15 heavy (non-hydrogen) atoms. The fourth-order valence-corrected chi connectivity index (χ4v) is 1.37. The maximum Gasteiger partial charge on any atom is 0.284 e. The van der Waals surface area contributed by atoms with Gasteiger partial charge in [-0.3, -0.25) is 4.79 Å². The van der Waals surface area contributed by atoms with E-state index < -0.39 is 0 Å². The highest BCUT2D eigenvalue weighted by Gasteiger charge is 2.04. The number of rotatable bonds is 2. The van der Waals surface area contributed by atoms with Gasteiger partial charge in [0.25, 0.3) is 5.56 Å². The molecule has 74 valence electrons. The highest BCUT2D eigenvalue weighted by atomic mass is 16.1. The predicted molar refractivity (Wildman–Crippen MR) is 55.3 cm³/mol. The summed E-state index contributed by atoms with van der Waals surface area (Å²) in [5.74, 6) is 0. The maximum atomic E-state index is 11.5. The maximum absolute atomic E-state index is 11.5. The van der Waals surface area contributed by atoms with Crippen molar-refractivity contribution in [3.8, 4) is 6.07 Å². The van der Waals surface area contributed by atoms with Crippen LogP contribution in [0, 0.1) is 11.3 Å². The van der Waals surface area contributed by atoms with Gasteiger partial charge in [0.2, 0.25) is 0 Å². The van der Waals surface area contributed by atoms with Crippen LogP contribution in [0.2, 0.25) is 0 Å². The molecule has 2 rings (SSSR count). The average Bonchev–Trinajstić information content (AvgIpc) is 2.62. The molecule has 0 spiro atoms. The summed E-state index contributed by atoms with van der Waals surface area (Å²) in [6.45, 7) is 0.460. The lowest BCUT2D eigenvalue weighted by atomic mass is 10.2. The summed E-state index contributed by atoms with van der Waals surface area (Å²) in [7, 11) is 0. The molecule has 0 bridgehead atoms. The van der Waals surface area contributed by atoms with Gasteiger partial charge in [0.1, 0.15) is 11.6 Å². The Hall–Kier alpha value is -2.28. The van der Waals surface area contributed by atoms with E-state index in [9.17, 15) is 4.79 Å². The van der Waals surface area contributed by atoms with Crippen LogP contribution in [0.3, 0.4) is 0 Å². The molecule has 0 aliphatic rings. The van der Waals surface area contributed by atoms with Gasteiger partial charge in [0.15, 0.2) is 0 Å². The Labute approximate surface area is 86.4 Å². The summed E-state index contributed by atoms with van der Waals surface area (Å²) >= 11 is 0. The van der Waals surface area contributed by atoms with E-state index >= 15 is 0 Å². The van der Waals surface area contributed by atoms with Crippen LogP contribution in [0.25, 0.3) is 0 Å². The van der Waals surface area contributed by atoms with Gasteiger partial charge in [-0.05, 0) is 5.56 Å². The van der Waals surface area contributed by atoms with E-state index in [-0.39, 0.29) is 11.1 Å². The summed E-state index contributed by atoms with van der Waals surface area (Å²) in [4.78, 5) is 11.5. The van der Waals surface area contributed by atoms with Crippen LogP contribution in [0.5, 0.6) is 0 Å². The highest BCUT2D eigenvalue weighted by Crippen LogP contribution is 1.99. The average molecular weight is 199 g/mol. The molecule has 4 nitrogen and oxygen atoms in total. The fourth-order valence-electron chi connectivity index (χ4n) is 1.37. The zero-order valence-corrected chi connectivity index (χ0v) is 7.97. The standard InChI is InChI=1S/C11H9N3O/c12-6-10-7-13-14(11(10)15)8-9-4-2-1-3-5-9/h1-5,7,13H,8H2. The van der Waals surface area contributed by atoms with E-state index in [0.717, 1.165) is 5.56 Å². The van der Waals surface area contributed by atoms with Crippen molar-refractivity contribution in [3.05, 3.63) is 58.0 Å². The van der Waals surface area contributed by atoms with E-state index in [2.05, 4.69) is 5.10 Å². The first-order valence-corrected chi connectivity index (χ1v) is 4.53. The number of nitriles is 1. The van der Waals surface area contributed by atoms with Crippen LogP contribution in [-0.2, 0) is 6.54 Å². The number of H-pyrrole nitrogens is 1. The van der Waals surface area contributed by atoms with Crippen molar-refractivity contribution in [2.75, 3.05) is 0 Å². The number of nitrogens with zero attached hydrogens (tertiary/aromatic N) is 2. The molecule has 2 aromatic rings. The van der Waals surface area contributed by atoms with Crippen molar-refractivity contribution in [1.29, 1.82) is 5.26 Å². The second-order valence-electron chi connectivity index (χ2n) is 3.18. The van der Waals surface area contributed by atoms with E-state index in [0.29, 0.717) is 6.54 Å². The quantitative estimate of drug-likeness (QED) is 0.787. The summed E-state index contributed by atoms with van der Waals surface area (Å²) in [5, 5.41) is 11.4. The highest BCUT2D eigenvalue weighted by molar-refractivity contribution is 5.23. The van der Waals surface area contributed by atoms with Crippen LogP contribution in [-0.4, -0.2) is 9.78 Å². The SMILES string of the molecule is N#Cc1c[nH]n(Cc2ccccc2)c1=O. The molecular formula is C11H9N3O. The number of aromatic nitrogens is 2. The summed E-state index contributed by atoms with van der Waals surface area (Å²) < 4.78 is 1.41. The molecule has 1 aromatic heterocycles. The first-order chi connectivity index (χ1) is 7.31. The second kappa shape index (κ2) is 3.84. The first kappa shape index (κ1) is 9.28. The van der Waals surface area contributed by atoms with Crippen LogP contribution < -0.4 is 5.56 Å². The van der Waals surface area contributed by atoms with Gasteiger partial charge in [-0.2, -0.15) is 5.26 Å². The summed E-state index contributed by atoms with van der Waals surface area (Å²) in [5.41, 5.74) is 0.887. The van der Waals surface area contributed by atoms with Crippen molar-refractivity contribution in [2.24, 2.45) is 0 Å². The Balaban J connectivity index is 2.31. The summed E-state index contributed by atoms with van der Waals surface area (Å²) in [6, 6.07) is 11.4. The van der Waals surface area contributed by atoms with Crippen LogP contribution in [0.4, 0.5) is 0 Å². The molecule has 0 unspecified atom stereocenters. The van der Waals surface area contributed by atoms with E-state index in [4.69, 9.17) is 5.26 Å². The number of benzene rings is 1. The predicted octanol–water partition coefficient (Wildman–Crippen LogP) is 1.10. The summed E-state index contributed by atoms with van der Waals surface area (Å²) in [6.07, 6.45) is 1.42. The minimum absolute atomic E-state index is 0.144. The monoisotopic (exact) mass is 199 g/mol. The topological polar surface area (TPSA) is 61.6 Å². The van der Waals surface area contributed by atoms with Crippen LogP contribution >= 0.6 is 0 Å². The van der Waals surface area contributed by atoms with E-state index in [1.807, 2.05) is 36.4 Å². The Morgan fingerprint density at radius 2 is 2.07 bits per heavy atom. The molecule has 0 amide bonds. The Morgan fingerprint density at radius 1 is 1.33 bits per heavy atom.